The molecule has 0 aliphatic carbocycles. The first-order valence-corrected chi connectivity index (χ1v) is 5.45. The van der Waals surface area contributed by atoms with Crippen LogP contribution >= 0.6 is 33.7 Å². The zero-order valence-electron chi connectivity index (χ0n) is 3.81. The summed E-state index contributed by atoms with van der Waals surface area (Å²) in [6.07, 6.45) is 0. The molecule has 0 bridgehead atoms. The number of nitrogens with one attached hydrogen (secondary N) is 1. The van der Waals surface area contributed by atoms with Crippen molar-refractivity contribution in [2.45, 2.75) is 6.92 Å². The van der Waals surface area contributed by atoms with E-state index in [9.17, 15) is 4.21 Å². The third-order valence-electron chi connectivity index (χ3n) is 0.288. The zero-order chi connectivity index (χ0) is 5.70. The first-order valence-electron chi connectivity index (χ1n) is 1.72. The van der Waals surface area contributed by atoms with Crippen LogP contribution in [-0.4, -0.2) is 9.96 Å². The largest absolute Gasteiger partial charge is 0.230 e. The SMILES string of the molecule is CCSS(=O)NI. The van der Waals surface area contributed by atoms with E-state index < -0.39 is 10.0 Å². The van der Waals surface area contributed by atoms with Crippen LogP contribution in [0.15, 0.2) is 0 Å². The Morgan fingerprint density at radius 2 is 2.57 bits per heavy atom. The minimum atomic E-state index is -0.874. The lowest BCUT2D eigenvalue weighted by Gasteiger charge is -1.89. The Balaban J connectivity index is 3.00. The Bertz CT molecular complexity index is 68.7. The van der Waals surface area contributed by atoms with Gasteiger partial charge in [-0.05, 0) is 10.8 Å². The highest BCUT2D eigenvalue weighted by molar-refractivity contribution is 14.1. The van der Waals surface area contributed by atoms with Gasteiger partial charge >= 0.3 is 0 Å². The van der Waals surface area contributed by atoms with Gasteiger partial charge in [0, 0.05) is 28.6 Å². The molecule has 0 rings (SSSR count). The lowest BCUT2D eigenvalue weighted by Crippen LogP contribution is -1.96. The van der Waals surface area contributed by atoms with Gasteiger partial charge < -0.3 is 0 Å². The molecule has 1 N–H and O–H groups in total. The van der Waals surface area contributed by atoms with E-state index in [1.165, 1.54) is 10.8 Å². The standard InChI is InChI=1S/C2H6INOS2/c1-2-6-7(5)4-3/h4H,2H2,1H3. The maximum atomic E-state index is 10.4. The van der Waals surface area contributed by atoms with Crippen LogP contribution in [0.1, 0.15) is 6.92 Å². The van der Waals surface area contributed by atoms with E-state index in [1.54, 1.807) is 0 Å². The highest BCUT2D eigenvalue weighted by Gasteiger charge is 1.89. The fourth-order valence-electron chi connectivity index (χ4n) is 0.129. The molecule has 7 heavy (non-hydrogen) atoms. The van der Waals surface area contributed by atoms with Crippen LogP contribution in [0.25, 0.3) is 0 Å². The van der Waals surface area contributed by atoms with E-state index in [4.69, 9.17) is 0 Å². The minimum Gasteiger partial charge on any atom is -0.230 e. The van der Waals surface area contributed by atoms with Crippen molar-refractivity contribution in [2.75, 3.05) is 5.75 Å². The van der Waals surface area contributed by atoms with Crippen molar-refractivity contribution in [3.05, 3.63) is 0 Å². The summed E-state index contributed by atoms with van der Waals surface area (Å²) in [6.45, 7) is 1.97. The van der Waals surface area contributed by atoms with Crippen molar-refractivity contribution in [1.82, 2.24) is 2.94 Å². The van der Waals surface area contributed by atoms with E-state index in [0.717, 1.165) is 5.75 Å². The van der Waals surface area contributed by atoms with Gasteiger partial charge in [0.2, 0.25) is 0 Å². The number of rotatable bonds is 3. The monoisotopic (exact) mass is 251 g/mol. The molecule has 44 valence electrons. The lowest BCUT2D eigenvalue weighted by atomic mass is 11.0. The van der Waals surface area contributed by atoms with E-state index in [0.29, 0.717) is 0 Å². The predicted octanol–water partition coefficient (Wildman–Crippen LogP) is 1.26. The highest BCUT2D eigenvalue weighted by atomic mass is 127. The van der Waals surface area contributed by atoms with Crippen LogP contribution in [0.3, 0.4) is 0 Å². The molecule has 0 heterocycles. The van der Waals surface area contributed by atoms with Crippen LogP contribution in [0.4, 0.5) is 0 Å². The van der Waals surface area contributed by atoms with Gasteiger partial charge in [-0.25, -0.2) is 4.21 Å². The summed E-state index contributed by atoms with van der Waals surface area (Å²) in [5, 5.41) is 0. The van der Waals surface area contributed by atoms with E-state index in [1.807, 2.05) is 29.8 Å². The molecule has 0 aliphatic rings. The molecular weight excluding hydrogens is 245 g/mol. The molecule has 0 fully saturated rings. The third kappa shape index (κ3) is 5.05. The van der Waals surface area contributed by atoms with E-state index in [-0.39, 0.29) is 0 Å². The van der Waals surface area contributed by atoms with Crippen molar-refractivity contribution in [3.8, 4) is 0 Å². The second-order valence-corrected chi connectivity index (χ2v) is 5.09. The molecule has 0 aliphatic heterocycles. The van der Waals surface area contributed by atoms with Gasteiger partial charge in [0.05, 0.1) is 0 Å². The van der Waals surface area contributed by atoms with Crippen molar-refractivity contribution >= 4 is 43.7 Å². The molecular formula is C2H6INOS2. The Morgan fingerprint density at radius 3 is 2.71 bits per heavy atom. The smallest absolute Gasteiger partial charge is 0.162 e. The van der Waals surface area contributed by atoms with Gasteiger partial charge in [0.25, 0.3) is 0 Å². The number of hydrogen-bond acceptors (Lipinski definition) is 2. The van der Waals surface area contributed by atoms with Crippen LogP contribution in [0, 0.1) is 0 Å². The van der Waals surface area contributed by atoms with Crippen LogP contribution < -0.4 is 2.94 Å². The van der Waals surface area contributed by atoms with E-state index >= 15 is 0 Å². The summed E-state index contributed by atoms with van der Waals surface area (Å²) in [7, 11) is 0.511. The molecule has 0 saturated carbocycles. The molecule has 0 aromatic heterocycles. The summed E-state index contributed by atoms with van der Waals surface area (Å²) < 4.78 is 12.9. The minimum absolute atomic E-state index is 0.874. The number of hydrogen-bond donors (Lipinski definition) is 1. The van der Waals surface area contributed by atoms with Gasteiger partial charge in [0.1, 0.15) is 0 Å². The molecule has 2 nitrogen and oxygen atoms in total. The van der Waals surface area contributed by atoms with Crippen molar-refractivity contribution in [3.63, 3.8) is 0 Å². The molecule has 5 heteroatoms. The molecule has 0 aromatic carbocycles. The van der Waals surface area contributed by atoms with Crippen molar-refractivity contribution in [2.24, 2.45) is 0 Å². The van der Waals surface area contributed by atoms with Gasteiger partial charge in [-0.3, -0.25) is 0 Å². The van der Waals surface area contributed by atoms with Gasteiger partial charge in [-0.15, -0.1) is 0 Å². The molecule has 0 amide bonds. The molecule has 0 radical (unpaired) electrons. The topological polar surface area (TPSA) is 29.1 Å². The summed E-state index contributed by atoms with van der Waals surface area (Å²) in [6, 6.07) is 0. The second kappa shape index (κ2) is 5.33. The molecule has 0 aromatic rings. The zero-order valence-corrected chi connectivity index (χ0v) is 7.60. The van der Waals surface area contributed by atoms with Gasteiger partial charge in [0.15, 0.2) is 10.0 Å². The Kier molecular flexibility index (Phi) is 6.24. The highest BCUT2D eigenvalue weighted by Crippen LogP contribution is 2.03. The molecule has 1 atom stereocenters. The first kappa shape index (κ1) is 8.19. The summed E-state index contributed by atoms with van der Waals surface area (Å²) in [5.74, 6) is 0.891. The molecule has 0 spiro atoms. The predicted molar refractivity (Wildman–Crippen MR) is 43.4 cm³/mol. The van der Waals surface area contributed by atoms with Crippen LogP contribution in [0.2, 0.25) is 0 Å². The Labute approximate surface area is 63.3 Å². The first-order chi connectivity index (χ1) is 3.31. The maximum Gasteiger partial charge on any atom is 0.162 e. The van der Waals surface area contributed by atoms with Crippen LogP contribution in [-0.2, 0) is 10.0 Å². The maximum absolute atomic E-state index is 10.4. The van der Waals surface area contributed by atoms with Crippen molar-refractivity contribution < 1.29 is 4.21 Å². The molecule has 0 saturated heterocycles. The van der Waals surface area contributed by atoms with E-state index in [2.05, 4.69) is 2.94 Å². The van der Waals surface area contributed by atoms with Crippen LogP contribution in [0.5, 0.6) is 0 Å². The van der Waals surface area contributed by atoms with Gasteiger partial charge in [-0.1, -0.05) is 6.92 Å². The fourth-order valence-corrected chi connectivity index (χ4v) is 2.31. The lowest BCUT2D eigenvalue weighted by molar-refractivity contribution is 0.691. The van der Waals surface area contributed by atoms with Gasteiger partial charge in [-0.2, -0.15) is 2.94 Å². The fraction of sp³-hybridized carbons (Fsp3) is 1.00. The average Bonchev–Trinajstić information content (AvgIpc) is 1.68. The normalized spacial score (nSPS) is 14.0. The Morgan fingerprint density at radius 1 is 2.00 bits per heavy atom. The van der Waals surface area contributed by atoms with Crippen molar-refractivity contribution in [1.29, 1.82) is 0 Å². The number of halogens is 1. The Hall–Kier alpha value is 1.19. The summed E-state index contributed by atoms with van der Waals surface area (Å²) >= 11 is 1.87. The third-order valence-corrected chi connectivity index (χ3v) is 4.56. The second-order valence-electron chi connectivity index (χ2n) is 0.718. The average molecular weight is 251 g/mol. The molecule has 1 unspecified atom stereocenters. The summed E-state index contributed by atoms with van der Waals surface area (Å²) in [4.78, 5) is 0. The quantitative estimate of drug-likeness (QED) is 0.464. The summed E-state index contributed by atoms with van der Waals surface area (Å²) in [5.41, 5.74) is 0.